The van der Waals surface area contributed by atoms with Crippen LogP contribution in [0.3, 0.4) is 0 Å². The smallest absolute Gasteiger partial charge is 0.180 e. The molecule has 5 heteroatoms. The highest BCUT2D eigenvalue weighted by molar-refractivity contribution is 4.70. The number of rotatable bonds is 3. The largest absolute Gasteiger partial charge is 0.394 e. The molecule has 0 aromatic carbocycles. The number of ether oxygens (including phenoxy) is 3. The van der Waals surface area contributed by atoms with Crippen LogP contribution < -0.4 is 0 Å². The molecule has 1 saturated heterocycles. The highest BCUT2D eigenvalue weighted by Crippen LogP contribution is 2.10. The number of aliphatic hydroxyl groups is 2. The summed E-state index contributed by atoms with van der Waals surface area (Å²) in [5.41, 5.74) is 0. The molecule has 0 bridgehead atoms. The molecule has 0 aliphatic carbocycles. The van der Waals surface area contributed by atoms with Crippen molar-refractivity contribution in [1.29, 1.82) is 0 Å². The molecule has 1 rings (SSSR count). The van der Waals surface area contributed by atoms with Crippen molar-refractivity contribution in [2.45, 2.75) is 18.5 Å². The van der Waals surface area contributed by atoms with E-state index < -0.39 is 12.2 Å². The van der Waals surface area contributed by atoms with Gasteiger partial charge in [0.25, 0.3) is 0 Å². The molecule has 1 aliphatic rings. The molecule has 0 aromatic heterocycles. The first-order chi connectivity index (χ1) is 5.77. The second-order valence-corrected chi connectivity index (χ2v) is 2.62. The molecule has 1 unspecified atom stereocenters. The van der Waals surface area contributed by atoms with Crippen LogP contribution in [-0.4, -0.2) is 55.6 Å². The quantitative estimate of drug-likeness (QED) is 0.564. The zero-order valence-electron chi connectivity index (χ0n) is 6.97. The van der Waals surface area contributed by atoms with Crippen LogP contribution >= 0.6 is 0 Å². The van der Waals surface area contributed by atoms with Crippen LogP contribution in [0.1, 0.15) is 0 Å². The van der Waals surface area contributed by atoms with Crippen LogP contribution in [0.25, 0.3) is 0 Å². The van der Waals surface area contributed by atoms with Crippen LogP contribution in [0.5, 0.6) is 0 Å². The molecule has 5 nitrogen and oxygen atoms in total. The fraction of sp³-hybridized carbons (Fsp3) is 1.00. The van der Waals surface area contributed by atoms with Gasteiger partial charge >= 0.3 is 0 Å². The van der Waals surface area contributed by atoms with Gasteiger partial charge in [-0.05, 0) is 0 Å². The average molecular weight is 178 g/mol. The maximum absolute atomic E-state index is 9.15. The minimum absolute atomic E-state index is 0.250. The molecule has 0 spiro atoms. The van der Waals surface area contributed by atoms with Gasteiger partial charge in [0, 0.05) is 7.11 Å². The number of hydrogen-bond donors (Lipinski definition) is 2. The van der Waals surface area contributed by atoms with Crippen LogP contribution in [0.2, 0.25) is 0 Å². The lowest BCUT2D eigenvalue weighted by molar-refractivity contribution is -0.242. The molecule has 1 fully saturated rings. The van der Waals surface area contributed by atoms with E-state index in [0.717, 1.165) is 0 Å². The van der Waals surface area contributed by atoms with Crippen molar-refractivity contribution in [2.24, 2.45) is 0 Å². The molecule has 3 atom stereocenters. The fourth-order valence-corrected chi connectivity index (χ4v) is 0.976. The fourth-order valence-electron chi connectivity index (χ4n) is 0.976. The molecular weight excluding hydrogens is 164 g/mol. The molecule has 1 heterocycles. The van der Waals surface area contributed by atoms with Crippen molar-refractivity contribution >= 4 is 0 Å². The maximum Gasteiger partial charge on any atom is 0.180 e. The summed E-state index contributed by atoms with van der Waals surface area (Å²) in [5, 5.41) is 17.7. The lowest BCUT2D eigenvalue weighted by Gasteiger charge is -2.30. The van der Waals surface area contributed by atoms with E-state index >= 15 is 0 Å². The maximum atomic E-state index is 9.15. The first-order valence-electron chi connectivity index (χ1n) is 3.83. The van der Waals surface area contributed by atoms with E-state index in [2.05, 4.69) is 0 Å². The Morgan fingerprint density at radius 2 is 2.25 bits per heavy atom. The van der Waals surface area contributed by atoms with E-state index in [0.29, 0.717) is 0 Å². The number of aliphatic hydroxyl groups excluding tert-OH is 2. The Bertz CT molecular complexity index is 121. The van der Waals surface area contributed by atoms with Gasteiger partial charge in [0.2, 0.25) is 0 Å². The van der Waals surface area contributed by atoms with Crippen LogP contribution in [0, 0.1) is 0 Å². The van der Waals surface area contributed by atoms with E-state index in [1.807, 2.05) is 0 Å². The zero-order chi connectivity index (χ0) is 8.97. The number of methoxy groups -OCH3 is 1. The van der Waals surface area contributed by atoms with Gasteiger partial charge < -0.3 is 24.4 Å². The van der Waals surface area contributed by atoms with Crippen molar-refractivity contribution in [2.75, 3.05) is 26.9 Å². The summed E-state index contributed by atoms with van der Waals surface area (Å²) >= 11 is 0. The molecule has 0 aromatic rings. The highest BCUT2D eigenvalue weighted by atomic mass is 16.7. The first-order valence-corrected chi connectivity index (χ1v) is 3.83. The first kappa shape index (κ1) is 9.88. The van der Waals surface area contributed by atoms with Gasteiger partial charge in [-0.25, -0.2) is 0 Å². The Hall–Kier alpha value is -0.200. The third kappa shape index (κ3) is 2.40. The predicted molar refractivity (Wildman–Crippen MR) is 39.6 cm³/mol. The van der Waals surface area contributed by atoms with Gasteiger partial charge in [0.1, 0.15) is 12.2 Å². The summed E-state index contributed by atoms with van der Waals surface area (Å²) in [7, 11) is 1.52. The summed E-state index contributed by atoms with van der Waals surface area (Å²) in [5.74, 6) is 0. The van der Waals surface area contributed by atoms with Crippen LogP contribution in [0.4, 0.5) is 0 Å². The van der Waals surface area contributed by atoms with Crippen molar-refractivity contribution in [3.8, 4) is 0 Å². The Kier molecular flexibility index (Phi) is 3.90. The molecule has 12 heavy (non-hydrogen) atoms. The van der Waals surface area contributed by atoms with Gasteiger partial charge in [-0.2, -0.15) is 0 Å². The van der Waals surface area contributed by atoms with E-state index in [1.165, 1.54) is 7.11 Å². The molecule has 0 radical (unpaired) electrons. The van der Waals surface area contributed by atoms with E-state index in [1.54, 1.807) is 0 Å². The van der Waals surface area contributed by atoms with E-state index in [4.69, 9.17) is 24.4 Å². The molecule has 72 valence electrons. The van der Waals surface area contributed by atoms with Gasteiger partial charge in [-0.1, -0.05) is 0 Å². The molecule has 1 aliphatic heterocycles. The van der Waals surface area contributed by atoms with Gasteiger partial charge in [0.05, 0.1) is 19.8 Å². The topological polar surface area (TPSA) is 68.2 Å². The van der Waals surface area contributed by atoms with Crippen LogP contribution in [0.15, 0.2) is 0 Å². The van der Waals surface area contributed by atoms with Crippen molar-refractivity contribution in [1.82, 2.24) is 0 Å². The average Bonchev–Trinajstić information content (AvgIpc) is 2.17. The van der Waals surface area contributed by atoms with E-state index in [9.17, 15) is 0 Å². The summed E-state index contributed by atoms with van der Waals surface area (Å²) in [4.78, 5) is 0. The minimum Gasteiger partial charge on any atom is -0.394 e. The normalized spacial score (nSPS) is 33.2. The Morgan fingerprint density at radius 3 is 2.67 bits per heavy atom. The third-order valence-corrected chi connectivity index (χ3v) is 1.77. The molecule has 2 N–H and O–H groups in total. The minimum atomic E-state index is -0.872. The van der Waals surface area contributed by atoms with Crippen molar-refractivity contribution < 1.29 is 24.4 Å². The monoisotopic (exact) mass is 178 g/mol. The second-order valence-electron chi connectivity index (χ2n) is 2.62. The second kappa shape index (κ2) is 4.74. The van der Waals surface area contributed by atoms with Gasteiger partial charge in [-0.3, -0.25) is 0 Å². The summed E-state index contributed by atoms with van der Waals surface area (Å²) in [6.07, 6.45) is -1.67. The predicted octanol–water partition coefficient (Wildman–Crippen LogP) is -1.27. The molecular formula is C7H14O5. The lowest BCUT2D eigenvalue weighted by atomic mass is 10.2. The van der Waals surface area contributed by atoms with Crippen molar-refractivity contribution in [3.05, 3.63) is 0 Å². The van der Waals surface area contributed by atoms with Crippen LogP contribution in [-0.2, 0) is 14.2 Å². The zero-order valence-corrected chi connectivity index (χ0v) is 6.97. The third-order valence-electron chi connectivity index (χ3n) is 1.77. The summed E-state index contributed by atoms with van der Waals surface area (Å²) in [6, 6.07) is 0. The molecule has 0 saturated carbocycles. The Morgan fingerprint density at radius 1 is 1.50 bits per heavy atom. The highest BCUT2D eigenvalue weighted by Gasteiger charge is 2.26. The summed E-state index contributed by atoms with van der Waals surface area (Å²) in [6.45, 7) is 0.226. The molecule has 0 amide bonds. The van der Waals surface area contributed by atoms with Gasteiger partial charge in [-0.15, -0.1) is 0 Å². The van der Waals surface area contributed by atoms with E-state index in [-0.39, 0.29) is 26.1 Å². The van der Waals surface area contributed by atoms with Crippen molar-refractivity contribution in [3.63, 3.8) is 0 Å². The SMILES string of the molecule is CO[C@H]1COC([C@H](O)CO)CO1. The standard InChI is InChI=1S/C7H14O5/c1-10-7-4-11-6(3-12-7)5(9)2-8/h5-9H,2-4H2,1H3/t5-,6?,7-/m1/s1. The number of hydrogen-bond acceptors (Lipinski definition) is 5. The Labute approximate surface area is 70.9 Å². The van der Waals surface area contributed by atoms with Gasteiger partial charge in [0.15, 0.2) is 6.29 Å². The lowest BCUT2D eigenvalue weighted by Crippen LogP contribution is -2.44. The Balaban J connectivity index is 2.25. The summed E-state index contributed by atoms with van der Waals surface area (Å²) < 4.78 is 15.2.